The van der Waals surface area contributed by atoms with E-state index in [-0.39, 0.29) is 59.4 Å². The third-order valence-electron chi connectivity index (χ3n) is 6.89. The van der Waals surface area contributed by atoms with E-state index in [1.807, 2.05) is 6.07 Å². The van der Waals surface area contributed by atoms with E-state index in [0.29, 0.717) is 26.0 Å². The van der Waals surface area contributed by atoms with Gasteiger partial charge in [0.15, 0.2) is 5.75 Å². The molecule has 1 atom stereocenters. The van der Waals surface area contributed by atoms with Crippen LogP contribution in [-0.2, 0) is 34.0 Å². The quantitative estimate of drug-likeness (QED) is 0.325. The molecule has 0 saturated carbocycles. The van der Waals surface area contributed by atoms with Crippen molar-refractivity contribution >= 4 is 44.7 Å². The zero-order chi connectivity index (χ0) is 27.4. The number of carbonyl (C=O) groups excluding carboxylic acids is 3. The third-order valence-corrected chi connectivity index (χ3v) is 6.89. The van der Waals surface area contributed by atoms with Gasteiger partial charge in [-0.2, -0.15) is 0 Å². The number of rotatable bonds is 10. The largest absolute Gasteiger partial charge is 0.505 e. The molecular weight excluding hydrogens is 491 g/mol. The van der Waals surface area contributed by atoms with Crippen LogP contribution in [0.1, 0.15) is 39.9 Å². The lowest BCUT2D eigenvalue weighted by Crippen LogP contribution is -2.46. The lowest BCUT2D eigenvalue weighted by atomic mass is 9.75. The van der Waals surface area contributed by atoms with E-state index < -0.39 is 29.4 Å². The van der Waals surface area contributed by atoms with Crippen LogP contribution in [0.5, 0.6) is 11.5 Å². The summed E-state index contributed by atoms with van der Waals surface area (Å²) in [6.07, 6.45) is 0.824. The molecule has 0 aliphatic carbocycles. The standard InChI is InChI=1S/C26H28B2FN3O6/c1-30-25(35)19(3-2-8-33)32-13-17-20(26(32)36)21(27)22(28)23(34)24(17)38-14-16-5-4-15(11-18(16)29)12-31-6-9-37-10-7-31/h4-5,8,11,19,34H,2-3,6-7,9-10,12-14H2,1H3,(H,30,35). The number of carbonyl (C=O) groups is 3. The van der Waals surface area contributed by atoms with Gasteiger partial charge in [0, 0.05) is 49.8 Å². The first-order valence-electron chi connectivity index (χ1n) is 12.4. The molecule has 2 N–H and O–H groups in total. The van der Waals surface area contributed by atoms with Gasteiger partial charge < -0.3 is 29.6 Å². The molecular formula is C26H28B2FN3O6. The van der Waals surface area contributed by atoms with Gasteiger partial charge in [0.2, 0.25) is 5.91 Å². The first-order chi connectivity index (χ1) is 18.3. The first kappa shape index (κ1) is 27.7. The van der Waals surface area contributed by atoms with Crippen LogP contribution in [0, 0.1) is 5.82 Å². The molecule has 38 heavy (non-hydrogen) atoms. The number of phenolic OH excluding ortho intramolecular Hbond substituents is 1. The highest BCUT2D eigenvalue weighted by Gasteiger charge is 2.40. The normalized spacial score (nSPS) is 16.3. The molecule has 0 spiro atoms. The minimum absolute atomic E-state index is 0.0108. The van der Waals surface area contributed by atoms with Crippen molar-refractivity contribution in [3.63, 3.8) is 0 Å². The van der Waals surface area contributed by atoms with Gasteiger partial charge in [-0.15, -0.1) is 0 Å². The predicted octanol–water partition coefficient (Wildman–Crippen LogP) is -0.420. The molecule has 1 fully saturated rings. The number of fused-ring (bicyclic) bond motifs is 1. The Morgan fingerprint density at radius 3 is 2.68 bits per heavy atom. The van der Waals surface area contributed by atoms with Crippen LogP contribution < -0.4 is 21.0 Å². The molecule has 4 radical (unpaired) electrons. The second kappa shape index (κ2) is 12.0. The number of likely N-dealkylation sites (N-methyl/N-ethyl adjacent to an activating group) is 1. The van der Waals surface area contributed by atoms with Crippen molar-refractivity contribution in [1.82, 2.24) is 15.1 Å². The van der Waals surface area contributed by atoms with Gasteiger partial charge in [-0.25, -0.2) is 4.39 Å². The number of phenols is 1. The van der Waals surface area contributed by atoms with E-state index in [4.69, 9.17) is 25.2 Å². The fourth-order valence-electron chi connectivity index (χ4n) is 4.79. The first-order valence-corrected chi connectivity index (χ1v) is 12.4. The van der Waals surface area contributed by atoms with E-state index >= 15 is 0 Å². The molecule has 2 aromatic carbocycles. The molecule has 2 aliphatic rings. The number of hydrogen-bond donors (Lipinski definition) is 2. The molecule has 0 aromatic heterocycles. The summed E-state index contributed by atoms with van der Waals surface area (Å²) in [5.41, 5.74) is 0.919. The Bertz CT molecular complexity index is 1240. The number of ether oxygens (including phenoxy) is 2. The molecule has 4 rings (SSSR count). The number of morpholine rings is 1. The number of amides is 2. The molecule has 2 aliphatic heterocycles. The molecule has 12 heteroatoms. The maximum Gasteiger partial charge on any atom is 0.254 e. The summed E-state index contributed by atoms with van der Waals surface area (Å²) in [5, 5.41) is 13.2. The van der Waals surface area contributed by atoms with Crippen molar-refractivity contribution in [2.24, 2.45) is 0 Å². The maximum absolute atomic E-state index is 14.9. The second-order valence-electron chi connectivity index (χ2n) is 9.27. The minimum Gasteiger partial charge on any atom is -0.505 e. The highest BCUT2D eigenvalue weighted by molar-refractivity contribution is 6.52. The van der Waals surface area contributed by atoms with Gasteiger partial charge in [0.05, 0.1) is 19.8 Å². The Labute approximate surface area is 223 Å². The smallest absolute Gasteiger partial charge is 0.254 e. The summed E-state index contributed by atoms with van der Waals surface area (Å²) in [5.74, 6) is -2.07. The Balaban J connectivity index is 1.57. The van der Waals surface area contributed by atoms with Gasteiger partial charge in [0.25, 0.3) is 5.91 Å². The van der Waals surface area contributed by atoms with Crippen molar-refractivity contribution in [2.45, 2.75) is 38.6 Å². The molecule has 2 heterocycles. The van der Waals surface area contributed by atoms with Gasteiger partial charge in [-0.3, -0.25) is 14.5 Å². The van der Waals surface area contributed by atoms with E-state index in [1.165, 1.54) is 18.0 Å². The van der Waals surface area contributed by atoms with Crippen LogP contribution in [-0.4, -0.2) is 88.1 Å². The SMILES string of the molecule is [B]c1c([B])c2c(c(OCc3ccc(CN4CCOCC4)cc3F)c1O)CN(C(CCC=O)C(=O)NC)C2=O. The Morgan fingerprint density at radius 1 is 1.29 bits per heavy atom. The number of aldehydes is 1. The fraction of sp³-hybridized carbons (Fsp3) is 0.423. The number of nitrogens with one attached hydrogen (secondary N) is 1. The zero-order valence-electron chi connectivity index (χ0n) is 21.2. The summed E-state index contributed by atoms with van der Waals surface area (Å²) in [7, 11) is 13.5. The topological polar surface area (TPSA) is 108 Å². The average molecular weight is 519 g/mol. The van der Waals surface area contributed by atoms with E-state index in [2.05, 4.69) is 10.2 Å². The number of hydrogen-bond acceptors (Lipinski definition) is 7. The lowest BCUT2D eigenvalue weighted by Gasteiger charge is -2.26. The Morgan fingerprint density at radius 2 is 2.03 bits per heavy atom. The van der Waals surface area contributed by atoms with Crippen LogP contribution >= 0.6 is 0 Å². The van der Waals surface area contributed by atoms with Crippen molar-refractivity contribution in [1.29, 1.82) is 0 Å². The maximum atomic E-state index is 14.9. The molecule has 1 unspecified atom stereocenters. The van der Waals surface area contributed by atoms with Crippen LogP contribution in [0.4, 0.5) is 4.39 Å². The van der Waals surface area contributed by atoms with E-state index in [9.17, 15) is 23.9 Å². The van der Waals surface area contributed by atoms with Gasteiger partial charge in [0.1, 0.15) is 46.2 Å². The molecule has 196 valence electrons. The van der Waals surface area contributed by atoms with Crippen molar-refractivity contribution < 1.29 is 33.4 Å². The highest BCUT2D eigenvalue weighted by atomic mass is 19.1. The van der Waals surface area contributed by atoms with Crippen LogP contribution in [0.15, 0.2) is 18.2 Å². The Hall–Kier alpha value is -3.37. The molecule has 0 bridgehead atoms. The van der Waals surface area contributed by atoms with Gasteiger partial charge in [-0.05, 0) is 18.1 Å². The van der Waals surface area contributed by atoms with Crippen LogP contribution in [0.3, 0.4) is 0 Å². The number of halogens is 1. The van der Waals surface area contributed by atoms with Crippen molar-refractivity contribution in [3.8, 4) is 11.5 Å². The number of nitrogens with zero attached hydrogens (tertiary/aromatic N) is 2. The van der Waals surface area contributed by atoms with Crippen molar-refractivity contribution in [2.75, 3.05) is 33.4 Å². The summed E-state index contributed by atoms with van der Waals surface area (Å²) >= 11 is 0. The number of aromatic hydroxyl groups is 1. The summed E-state index contributed by atoms with van der Waals surface area (Å²) in [6, 6.07) is 3.92. The summed E-state index contributed by atoms with van der Waals surface area (Å²) < 4.78 is 26.1. The predicted molar refractivity (Wildman–Crippen MR) is 139 cm³/mol. The van der Waals surface area contributed by atoms with E-state index in [0.717, 1.165) is 18.7 Å². The second-order valence-corrected chi connectivity index (χ2v) is 9.27. The third kappa shape index (κ3) is 5.56. The number of benzene rings is 2. The monoisotopic (exact) mass is 519 g/mol. The van der Waals surface area contributed by atoms with Crippen LogP contribution in [0.2, 0.25) is 0 Å². The average Bonchev–Trinajstić information content (AvgIpc) is 3.25. The molecule has 1 saturated heterocycles. The lowest BCUT2D eigenvalue weighted by molar-refractivity contribution is -0.125. The highest BCUT2D eigenvalue weighted by Crippen LogP contribution is 2.37. The molecule has 2 amide bonds. The minimum atomic E-state index is -0.947. The molecule has 2 aromatic rings. The van der Waals surface area contributed by atoms with Crippen molar-refractivity contribution in [3.05, 3.63) is 46.3 Å². The fourth-order valence-corrected chi connectivity index (χ4v) is 4.79. The van der Waals surface area contributed by atoms with Gasteiger partial charge in [-0.1, -0.05) is 23.1 Å². The zero-order valence-corrected chi connectivity index (χ0v) is 21.2. The summed E-state index contributed by atoms with van der Waals surface area (Å²) in [4.78, 5) is 40.2. The molecule has 9 nitrogen and oxygen atoms in total. The van der Waals surface area contributed by atoms with Gasteiger partial charge >= 0.3 is 0 Å². The van der Waals surface area contributed by atoms with Crippen LogP contribution in [0.25, 0.3) is 0 Å². The Kier molecular flexibility index (Phi) is 8.73. The van der Waals surface area contributed by atoms with E-state index in [1.54, 1.807) is 6.07 Å². The summed E-state index contributed by atoms with van der Waals surface area (Å²) in [6.45, 7) is 3.09.